The zero-order valence-electron chi connectivity index (χ0n) is 12.9. The molecule has 1 amide bonds. The lowest BCUT2D eigenvalue weighted by atomic mass is 9.93. The number of ether oxygens (including phenoxy) is 1. The van der Waals surface area contributed by atoms with Crippen LogP contribution in [-0.2, 0) is 4.74 Å². The lowest BCUT2D eigenvalue weighted by Crippen LogP contribution is -2.46. The number of primary amides is 1. The first kappa shape index (κ1) is 17.1. The van der Waals surface area contributed by atoms with Crippen molar-refractivity contribution in [3.8, 4) is 0 Å². The lowest BCUT2D eigenvalue weighted by molar-refractivity contribution is 0.0126. The number of pyridine rings is 1. The predicted octanol–water partition coefficient (Wildman–Crippen LogP) is 2.95. The van der Waals surface area contributed by atoms with Crippen LogP contribution < -0.4 is 10.6 Å². The maximum Gasteiger partial charge on any atom is 0.405 e. The normalized spacial score (nSPS) is 17.5. The molecule has 1 aliphatic heterocycles. The summed E-state index contributed by atoms with van der Waals surface area (Å²) >= 11 is 1.90. The first-order valence-electron chi connectivity index (χ1n) is 7.35. The molecule has 130 valence electrons. The van der Waals surface area contributed by atoms with E-state index in [1.807, 2.05) is 34.4 Å². The zero-order valence-corrected chi connectivity index (χ0v) is 15.0. The molecule has 3 N–H and O–H groups in total. The van der Waals surface area contributed by atoms with Crippen molar-refractivity contribution in [2.24, 2.45) is 5.73 Å². The second-order valence-corrected chi connectivity index (χ2v) is 6.99. The van der Waals surface area contributed by atoms with Gasteiger partial charge in [-0.3, -0.25) is 5.10 Å². The van der Waals surface area contributed by atoms with E-state index in [0.717, 1.165) is 0 Å². The van der Waals surface area contributed by atoms with Gasteiger partial charge in [-0.05, 0) is 35.6 Å². The average molecular weight is 451 g/mol. The molecular formula is C14H16F2IN5O2. The topological polar surface area (TPSA) is 97.1 Å². The average Bonchev–Trinajstić information content (AvgIpc) is 2.87. The minimum atomic E-state index is -2.62. The smallest absolute Gasteiger partial charge is 0.405 e. The fraction of sp³-hybridized carbons (Fsp3) is 0.500. The molecule has 2 aromatic heterocycles. The van der Waals surface area contributed by atoms with Gasteiger partial charge in [0, 0.05) is 31.5 Å². The van der Waals surface area contributed by atoms with E-state index in [9.17, 15) is 13.6 Å². The van der Waals surface area contributed by atoms with Crippen molar-refractivity contribution < 1.29 is 18.3 Å². The van der Waals surface area contributed by atoms with Crippen molar-refractivity contribution in [1.82, 2.24) is 15.2 Å². The highest BCUT2D eigenvalue weighted by Crippen LogP contribution is 2.34. The fourth-order valence-corrected chi connectivity index (χ4v) is 3.58. The van der Waals surface area contributed by atoms with Crippen LogP contribution in [0.25, 0.3) is 11.0 Å². The van der Waals surface area contributed by atoms with Gasteiger partial charge in [0.15, 0.2) is 5.65 Å². The van der Waals surface area contributed by atoms with Crippen LogP contribution in [0.5, 0.6) is 0 Å². The highest BCUT2D eigenvalue weighted by molar-refractivity contribution is 14.1. The number of carbonyl (C=O) groups excluding carboxylic acids is 1. The highest BCUT2D eigenvalue weighted by atomic mass is 127. The Balaban J connectivity index is 1.87. The first-order chi connectivity index (χ1) is 11.3. The Labute approximate surface area is 150 Å². The maximum absolute atomic E-state index is 13.4. The van der Waals surface area contributed by atoms with Crippen molar-refractivity contribution in [2.45, 2.75) is 31.8 Å². The summed E-state index contributed by atoms with van der Waals surface area (Å²) in [5, 5.41) is 7.00. The fourth-order valence-electron chi connectivity index (χ4n) is 2.89. The molecule has 7 nitrogen and oxygen atoms in total. The molecular weight excluding hydrogens is 435 g/mol. The van der Waals surface area contributed by atoms with Crippen LogP contribution in [-0.4, -0.2) is 40.0 Å². The minimum Gasteiger partial charge on any atom is -0.443 e. The van der Waals surface area contributed by atoms with E-state index in [1.165, 1.54) is 6.07 Å². The Morgan fingerprint density at radius 2 is 2.17 bits per heavy atom. The second kappa shape index (κ2) is 6.30. The number of hydrogen-bond donors (Lipinski definition) is 2. The van der Waals surface area contributed by atoms with Crippen molar-refractivity contribution in [3.63, 3.8) is 0 Å². The number of hydrogen-bond acceptors (Lipinski definition) is 5. The van der Waals surface area contributed by atoms with Gasteiger partial charge in [0.1, 0.15) is 15.1 Å². The van der Waals surface area contributed by atoms with E-state index < -0.39 is 18.1 Å². The van der Waals surface area contributed by atoms with Gasteiger partial charge >= 0.3 is 6.09 Å². The number of alkyl halides is 2. The Hall–Kier alpha value is -1.72. The molecule has 0 aliphatic carbocycles. The summed E-state index contributed by atoms with van der Waals surface area (Å²) in [5.74, 6) is 0.457. The third-order valence-electron chi connectivity index (χ3n) is 4.23. The van der Waals surface area contributed by atoms with Crippen LogP contribution in [0.15, 0.2) is 6.07 Å². The van der Waals surface area contributed by atoms with Gasteiger partial charge in [0.05, 0.1) is 5.39 Å². The van der Waals surface area contributed by atoms with Crippen molar-refractivity contribution >= 4 is 45.5 Å². The van der Waals surface area contributed by atoms with Crippen LogP contribution in [0, 0.1) is 3.70 Å². The van der Waals surface area contributed by atoms with Crippen LogP contribution >= 0.6 is 22.6 Å². The molecule has 1 fully saturated rings. The van der Waals surface area contributed by atoms with E-state index in [1.54, 1.807) is 0 Å². The van der Waals surface area contributed by atoms with E-state index in [4.69, 9.17) is 10.5 Å². The number of anilines is 1. The number of rotatable bonds is 3. The standard InChI is InChI=1S/C14H16F2IN5O2/c1-14(24-13(18)23)2-4-22(5-3-14)8-6-7(10(15)16)9-11(17)20-21-12(9)19-8/h6,10H,2-5H2,1H3,(H2,18,23)(H,19,20,21). The molecule has 0 spiro atoms. The molecule has 0 aromatic carbocycles. The largest absolute Gasteiger partial charge is 0.443 e. The molecule has 1 aliphatic rings. The van der Waals surface area contributed by atoms with Crippen LogP contribution in [0.2, 0.25) is 0 Å². The summed E-state index contributed by atoms with van der Waals surface area (Å²) < 4.78 is 32.4. The Morgan fingerprint density at radius 3 is 2.75 bits per heavy atom. The number of H-pyrrole nitrogens is 1. The number of nitrogens with one attached hydrogen (secondary N) is 1. The Morgan fingerprint density at radius 1 is 1.50 bits per heavy atom. The number of carbonyl (C=O) groups is 1. The van der Waals surface area contributed by atoms with Gasteiger partial charge in [-0.25, -0.2) is 18.6 Å². The first-order valence-corrected chi connectivity index (χ1v) is 8.43. The molecule has 0 bridgehead atoms. The quantitative estimate of drug-likeness (QED) is 0.700. The summed E-state index contributed by atoms with van der Waals surface area (Å²) in [6, 6.07) is 1.41. The second-order valence-electron chi connectivity index (χ2n) is 5.97. The van der Waals surface area contributed by atoms with Gasteiger partial charge in [0.2, 0.25) is 0 Å². The molecule has 24 heavy (non-hydrogen) atoms. The number of nitrogens with two attached hydrogens (primary N) is 1. The Bertz CT molecular complexity index is 774. The summed E-state index contributed by atoms with van der Waals surface area (Å²) in [6.07, 6.45) is -2.34. The van der Waals surface area contributed by atoms with E-state index >= 15 is 0 Å². The van der Waals surface area contributed by atoms with Gasteiger partial charge < -0.3 is 15.4 Å². The Kier molecular flexibility index (Phi) is 4.49. The molecule has 0 atom stereocenters. The van der Waals surface area contributed by atoms with E-state index in [2.05, 4.69) is 15.2 Å². The van der Waals surface area contributed by atoms with Crippen LogP contribution in [0.1, 0.15) is 31.8 Å². The molecule has 1 saturated heterocycles. The lowest BCUT2D eigenvalue weighted by Gasteiger charge is -2.39. The molecule has 0 saturated carbocycles. The third-order valence-corrected chi connectivity index (χ3v) is 5.01. The monoisotopic (exact) mass is 451 g/mol. The SMILES string of the molecule is CC1(OC(N)=O)CCN(c2cc(C(F)F)c3c(I)n[nH]c3n2)CC1. The van der Waals surface area contributed by atoms with Crippen LogP contribution in [0.3, 0.4) is 0 Å². The molecule has 0 radical (unpaired) electrons. The van der Waals surface area contributed by atoms with Gasteiger partial charge in [-0.2, -0.15) is 5.10 Å². The number of halogens is 3. The molecule has 0 unspecified atom stereocenters. The number of aromatic nitrogens is 3. The van der Waals surface area contributed by atoms with Gasteiger partial charge in [-0.1, -0.05) is 0 Å². The van der Waals surface area contributed by atoms with Gasteiger partial charge in [-0.15, -0.1) is 0 Å². The predicted molar refractivity (Wildman–Crippen MR) is 92.1 cm³/mol. The molecule has 2 aromatic rings. The van der Waals surface area contributed by atoms with E-state index in [-0.39, 0.29) is 5.56 Å². The maximum atomic E-state index is 13.4. The highest BCUT2D eigenvalue weighted by Gasteiger charge is 2.34. The van der Waals surface area contributed by atoms with Gasteiger partial charge in [0.25, 0.3) is 6.43 Å². The molecule has 10 heteroatoms. The molecule has 3 rings (SSSR count). The number of piperidine rings is 1. The summed E-state index contributed by atoms with van der Waals surface area (Å²) in [7, 11) is 0. The number of amides is 1. The number of aromatic amines is 1. The van der Waals surface area contributed by atoms with Crippen molar-refractivity contribution in [3.05, 3.63) is 15.3 Å². The van der Waals surface area contributed by atoms with Crippen molar-refractivity contribution in [2.75, 3.05) is 18.0 Å². The number of nitrogens with zero attached hydrogens (tertiary/aromatic N) is 3. The van der Waals surface area contributed by atoms with Crippen LogP contribution in [0.4, 0.5) is 19.4 Å². The number of fused-ring (bicyclic) bond motifs is 1. The van der Waals surface area contributed by atoms with E-state index in [0.29, 0.717) is 46.5 Å². The molecule has 3 heterocycles. The summed E-state index contributed by atoms with van der Waals surface area (Å²) in [4.78, 5) is 17.3. The minimum absolute atomic E-state index is 0.0881. The zero-order chi connectivity index (χ0) is 17.5. The third kappa shape index (κ3) is 3.23. The summed E-state index contributed by atoms with van der Waals surface area (Å²) in [5.41, 5.74) is 4.71. The van der Waals surface area contributed by atoms with Crippen molar-refractivity contribution in [1.29, 1.82) is 0 Å². The summed E-state index contributed by atoms with van der Waals surface area (Å²) in [6.45, 7) is 2.86.